The Labute approximate surface area is 105 Å². The maximum absolute atomic E-state index is 11.4. The summed E-state index contributed by atoms with van der Waals surface area (Å²) in [5, 5.41) is 5.87. The summed E-state index contributed by atoms with van der Waals surface area (Å²) in [5.41, 5.74) is 0. The Kier molecular flexibility index (Phi) is 14.4. The van der Waals surface area contributed by atoms with Gasteiger partial charge in [-0.15, -0.1) is 12.4 Å². The number of halogens is 1. The molecule has 1 atom stereocenters. The number of hydrogen-bond donors (Lipinski definition) is 2. The quantitative estimate of drug-likeness (QED) is 0.609. The molecule has 0 aliphatic heterocycles. The fourth-order valence-corrected chi connectivity index (χ4v) is 1.10. The molecule has 0 heterocycles. The minimum Gasteiger partial charge on any atom is -0.369 e. The molecule has 4 nitrogen and oxygen atoms in total. The average molecular weight is 253 g/mol. The van der Waals surface area contributed by atoms with Crippen LogP contribution in [0.2, 0.25) is 0 Å². The van der Waals surface area contributed by atoms with E-state index in [1.54, 1.807) is 6.92 Å². The van der Waals surface area contributed by atoms with E-state index in [1.165, 1.54) is 0 Å². The monoisotopic (exact) mass is 252 g/mol. The third-order valence-corrected chi connectivity index (χ3v) is 2.14. The highest BCUT2D eigenvalue weighted by Crippen LogP contribution is 1.95. The molecule has 0 saturated heterocycles. The zero-order valence-electron chi connectivity index (χ0n) is 10.5. The van der Waals surface area contributed by atoms with Crippen molar-refractivity contribution in [3.63, 3.8) is 0 Å². The Hall–Kier alpha value is -0.320. The Morgan fingerprint density at radius 1 is 1.31 bits per heavy atom. The van der Waals surface area contributed by atoms with E-state index in [1.807, 2.05) is 7.05 Å². The maximum Gasteiger partial charge on any atom is 0.248 e. The van der Waals surface area contributed by atoms with Gasteiger partial charge in [0.05, 0.1) is 0 Å². The van der Waals surface area contributed by atoms with Crippen LogP contribution in [-0.4, -0.2) is 38.8 Å². The molecule has 98 valence electrons. The molecule has 0 aromatic carbocycles. The van der Waals surface area contributed by atoms with Crippen molar-refractivity contribution in [3.8, 4) is 0 Å². The first-order valence-corrected chi connectivity index (χ1v) is 5.76. The van der Waals surface area contributed by atoms with Gasteiger partial charge in [-0.25, -0.2) is 0 Å². The summed E-state index contributed by atoms with van der Waals surface area (Å²) in [7, 11) is 1.90. The lowest BCUT2D eigenvalue weighted by molar-refractivity contribution is -0.131. The van der Waals surface area contributed by atoms with Crippen LogP contribution in [0, 0.1) is 0 Å². The maximum atomic E-state index is 11.4. The normalized spacial score (nSPS) is 11.7. The van der Waals surface area contributed by atoms with Crippen LogP contribution in [0.3, 0.4) is 0 Å². The van der Waals surface area contributed by atoms with E-state index in [-0.39, 0.29) is 24.4 Å². The van der Waals surface area contributed by atoms with Crippen molar-refractivity contribution in [1.29, 1.82) is 0 Å². The van der Waals surface area contributed by atoms with Gasteiger partial charge in [0, 0.05) is 13.2 Å². The number of unbranched alkanes of at least 4 members (excludes halogenated alkanes) is 1. The third-order valence-electron chi connectivity index (χ3n) is 2.14. The largest absolute Gasteiger partial charge is 0.369 e. The zero-order valence-corrected chi connectivity index (χ0v) is 11.4. The molecule has 0 radical (unpaired) electrons. The molecule has 0 fully saturated rings. The molecule has 0 rings (SSSR count). The number of ether oxygens (including phenoxy) is 1. The van der Waals surface area contributed by atoms with Gasteiger partial charge in [0.2, 0.25) is 5.91 Å². The van der Waals surface area contributed by atoms with Gasteiger partial charge in [-0.1, -0.05) is 13.3 Å². The molecular weight excluding hydrogens is 228 g/mol. The fourth-order valence-electron chi connectivity index (χ4n) is 1.10. The first kappa shape index (κ1) is 18.1. The van der Waals surface area contributed by atoms with Gasteiger partial charge in [-0.05, 0) is 33.4 Å². The molecule has 0 aromatic heterocycles. The van der Waals surface area contributed by atoms with Gasteiger partial charge in [0.25, 0.3) is 0 Å². The molecule has 0 saturated carbocycles. The fraction of sp³-hybridized carbons (Fsp3) is 0.909. The van der Waals surface area contributed by atoms with E-state index in [9.17, 15) is 4.79 Å². The smallest absolute Gasteiger partial charge is 0.248 e. The van der Waals surface area contributed by atoms with Gasteiger partial charge in [-0.3, -0.25) is 4.79 Å². The van der Waals surface area contributed by atoms with Crippen LogP contribution in [0.15, 0.2) is 0 Å². The first-order chi connectivity index (χ1) is 7.22. The van der Waals surface area contributed by atoms with Crippen molar-refractivity contribution < 1.29 is 9.53 Å². The van der Waals surface area contributed by atoms with Crippen LogP contribution >= 0.6 is 12.4 Å². The van der Waals surface area contributed by atoms with Crippen molar-refractivity contribution >= 4 is 18.3 Å². The van der Waals surface area contributed by atoms with Crippen LogP contribution in [0.4, 0.5) is 0 Å². The van der Waals surface area contributed by atoms with Crippen molar-refractivity contribution in [1.82, 2.24) is 10.6 Å². The van der Waals surface area contributed by atoms with Crippen molar-refractivity contribution in [2.45, 2.75) is 39.2 Å². The number of carbonyl (C=O) groups excluding carboxylic acids is 1. The highest BCUT2D eigenvalue weighted by atomic mass is 35.5. The van der Waals surface area contributed by atoms with Gasteiger partial charge < -0.3 is 15.4 Å². The Morgan fingerprint density at radius 2 is 2.00 bits per heavy atom. The number of carbonyl (C=O) groups is 1. The highest BCUT2D eigenvalue weighted by Gasteiger charge is 2.11. The van der Waals surface area contributed by atoms with E-state index in [0.717, 1.165) is 25.8 Å². The van der Waals surface area contributed by atoms with Crippen LogP contribution in [0.1, 0.15) is 33.1 Å². The standard InChI is InChI=1S/C11H24N2O2.ClH/c1-4-5-9-15-10(2)11(14)13-8-6-7-12-3;/h10,12H,4-9H2,1-3H3,(H,13,14);1H. The molecule has 0 aromatic rings. The molecular formula is C11H25ClN2O2. The molecule has 0 aliphatic rings. The van der Waals surface area contributed by atoms with E-state index in [2.05, 4.69) is 17.6 Å². The number of nitrogens with one attached hydrogen (secondary N) is 2. The Morgan fingerprint density at radius 3 is 2.56 bits per heavy atom. The minimum absolute atomic E-state index is 0. The van der Waals surface area contributed by atoms with E-state index in [0.29, 0.717) is 13.2 Å². The summed E-state index contributed by atoms with van der Waals surface area (Å²) in [6.07, 6.45) is 2.73. The molecule has 16 heavy (non-hydrogen) atoms. The van der Waals surface area contributed by atoms with E-state index >= 15 is 0 Å². The predicted molar refractivity (Wildman–Crippen MR) is 69.1 cm³/mol. The summed E-state index contributed by atoms with van der Waals surface area (Å²) in [4.78, 5) is 11.4. The number of rotatable bonds is 9. The second kappa shape index (κ2) is 12.7. The van der Waals surface area contributed by atoms with Crippen LogP contribution in [0.5, 0.6) is 0 Å². The molecule has 1 amide bonds. The highest BCUT2D eigenvalue weighted by molar-refractivity contribution is 5.85. The summed E-state index contributed by atoms with van der Waals surface area (Å²) in [6.45, 7) is 6.20. The Bertz CT molecular complexity index is 168. The summed E-state index contributed by atoms with van der Waals surface area (Å²) in [5.74, 6) is -0.0118. The van der Waals surface area contributed by atoms with Gasteiger partial charge in [-0.2, -0.15) is 0 Å². The molecule has 5 heteroatoms. The Balaban J connectivity index is 0. The molecule has 1 unspecified atom stereocenters. The third kappa shape index (κ3) is 10.2. The summed E-state index contributed by atoms with van der Waals surface area (Å²) in [6, 6.07) is 0. The van der Waals surface area contributed by atoms with Gasteiger partial charge in [0.15, 0.2) is 0 Å². The number of hydrogen-bond acceptors (Lipinski definition) is 3. The van der Waals surface area contributed by atoms with Crippen molar-refractivity contribution in [2.75, 3.05) is 26.7 Å². The average Bonchev–Trinajstić information content (AvgIpc) is 2.24. The lowest BCUT2D eigenvalue weighted by Crippen LogP contribution is -2.36. The van der Waals surface area contributed by atoms with Crippen molar-refractivity contribution in [2.24, 2.45) is 0 Å². The van der Waals surface area contributed by atoms with Crippen molar-refractivity contribution in [3.05, 3.63) is 0 Å². The molecule has 2 N–H and O–H groups in total. The second-order valence-corrected chi connectivity index (χ2v) is 3.61. The predicted octanol–water partition coefficient (Wildman–Crippen LogP) is 1.34. The molecule has 0 aliphatic carbocycles. The van der Waals surface area contributed by atoms with Gasteiger partial charge in [0.1, 0.15) is 6.10 Å². The molecule has 0 bridgehead atoms. The van der Waals surface area contributed by atoms with Crippen LogP contribution < -0.4 is 10.6 Å². The first-order valence-electron chi connectivity index (χ1n) is 5.76. The minimum atomic E-state index is -0.328. The topological polar surface area (TPSA) is 50.4 Å². The van der Waals surface area contributed by atoms with Crippen LogP contribution in [-0.2, 0) is 9.53 Å². The molecule has 0 spiro atoms. The number of amides is 1. The zero-order chi connectivity index (χ0) is 11.5. The lowest BCUT2D eigenvalue weighted by Gasteiger charge is -2.12. The second-order valence-electron chi connectivity index (χ2n) is 3.61. The summed E-state index contributed by atoms with van der Waals surface area (Å²) < 4.78 is 5.37. The van der Waals surface area contributed by atoms with Gasteiger partial charge >= 0.3 is 0 Å². The van der Waals surface area contributed by atoms with E-state index in [4.69, 9.17) is 4.74 Å². The SMILES string of the molecule is CCCCOC(C)C(=O)NCCCNC.Cl. The van der Waals surface area contributed by atoms with Crippen LogP contribution in [0.25, 0.3) is 0 Å². The summed E-state index contributed by atoms with van der Waals surface area (Å²) >= 11 is 0. The lowest BCUT2D eigenvalue weighted by atomic mass is 10.3. The van der Waals surface area contributed by atoms with E-state index < -0.39 is 0 Å².